The molecule has 0 aromatic heterocycles. The zero-order chi connectivity index (χ0) is 59.8. The van der Waals surface area contributed by atoms with E-state index in [1.807, 2.05) is 21.1 Å². The lowest BCUT2D eigenvalue weighted by molar-refractivity contribution is -0.870. The smallest absolute Gasteiger partial charge is 0.306 e. The maximum absolute atomic E-state index is 12.8. The first-order valence-corrected chi connectivity index (χ1v) is 32.6. The monoisotopic (exact) mass is 1150 g/mol. The van der Waals surface area contributed by atoms with Crippen molar-refractivity contribution in [2.24, 2.45) is 0 Å². The third-order valence-corrected chi connectivity index (χ3v) is 13.1. The molecule has 0 spiro atoms. The lowest BCUT2D eigenvalue weighted by Crippen LogP contribution is -2.37. The average Bonchev–Trinajstić information content (AvgIpc) is 3.46. The number of carbonyl (C=O) groups excluding carboxylic acids is 2. The number of hydrogen-bond donors (Lipinski definition) is 0. The van der Waals surface area contributed by atoms with Gasteiger partial charge in [-0.2, -0.15) is 0 Å². The fourth-order valence-electron chi connectivity index (χ4n) is 7.39. The first kappa shape index (κ1) is 76.9. The number of phosphoric acid groups is 1. The Morgan fingerprint density at radius 1 is 0.378 bits per heavy atom. The zero-order valence-electron chi connectivity index (χ0n) is 51.8. The number of likely N-dealkylation sites (N-methyl/N-ethyl adjacent to an activating group) is 1. The van der Waals surface area contributed by atoms with Crippen molar-refractivity contribution < 1.29 is 42.1 Å². The van der Waals surface area contributed by atoms with Crippen LogP contribution in [0, 0.1) is 0 Å². The summed E-state index contributed by atoms with van der Waals surface area (Å²) in [4.78, 5) is 37.9. The number of nitrogens with zero attached hydrogens (tertiary/aromatic N) is 1. The van der Waals surface area contributed by atoms with E-state index in [2.05, 4.69) is 208 Å². The van der Waals surface area contributed by atoms with E-state index < -0.39 is 32.5 Å². The number of hydrogen-bond acceptors (Lipinski definition) is 8. The van der Waals surface area contributed by atoms with E-state index in [1.54, 1.807) is 0 Å². The standard InChI is InChI=1S/C72H112NO8P/c1-6-8-10-12-14-16-18-20-22-24-26-28-29-30-31-32-33-34-35-36-37-38-39-40-41-42-43-45-47-49-51-53-55-57-59-61-63-65-72(75)81-70(69-80-82(76,77)79-67-66-73(3,4)5)68-78-71(74)64-62-60-58-56-54-52-50-48-46-44-27-25-23-21-19-17-15-13-11-9-7-2/h8-11,14-17,20-23,26-28,30-31,33-34,36-37,39-40,42-44,47-50,53,55,70H,6-7,12-13,18-19,24-25,29,32,35,38,41,45-46,51-52,54,56-69H2,1-5H3/b10-8-,11-9-,16-14-,17-15-,22-20-,23-21-,28-26-,31-30-,34-33-,37-36-,40-39-,43-42-,44-27-,49-47-,50-48-,55-53-. The van der Waals surface area contributed by atoms with Crippen molar-refractivity contribution in [3.8, 4) is 0 Å². The molecule has 82 heavy (non-hydrogen) atoms. The van der Waals surface area contributed by atoms with Crippen molar-refractivity contribution in [2.75, 3.05) is 47.5 Å². The Hall–Kier alpha value is -5.15. The molecule has 0 aliphatic carbocycles. The summed E-state index contributed by atoms with van der Waals surface area (Å²) in [5.41, 5.74) is 0. The molecular formula is C72H112NO8P. The minimum atomic E-state index is -4.67. The summed E-state index contributed by atoms with van der Waals surface area (Å²) in [6.07, 6.45) is 94.9. The van der Waals surface area contributed by atoms with Crippen molar-refractivity contribution in [1.82, 2.24) is 0 Å². The summed E-state index contributed by atoms with van der Waals surface area (Å²) in [7, 11) is 1.10. The summed E-state index contributed by atoms with van der Waals surface area (Å²) in [5.74, 6) is -0.913. The van der Waals surface area contributed by atoms with Crippen LogP contribution in [0.3, 0.4) is 0 Å². The molecule has 0 amide bonds. The number of quaternary nitrogens is 1. The Morgan fingerprint density at radius 3 is 0.988 bits per heavy atom. The second-order valence-corrected chi connectivity index (χ2v) is 22.4. The van der Waals surface area contributed by atoms with Crippen LogP contribution in [0.5, 0.6) is 0 Å². The van der Waals surface area contributed by atoms with Crippen LogP contribution in [0.2, 0.25) is 0 Å². The lowest BCUT2D eigenvalue weighted by Gasteiger charge is -2.28. The van der Waals surface area contributed by atoms with Crippen LogP contribution < -0.4 is 4.89 Å². The number of phosphoric ester groups is 1. The SMILES string of the molecule is CC/C=C\C/C=C\C/C=C\C/C=C\C/C=C\C/C=C\C/C=C\C/C=C\C/C=C\C/C=C\C/C=C\CCCCCC(=O)OC(COC(=O)CCCCCCC/C=C\C/C=C\C/C=C\C/C=C\C/C=C\CC)COP(=O)([O-])OCC[N+](C)(C)C. The third-order valence-electron chi connectivity index (χ3n) is 12.1. The number of ether oxygens (including phenoxy) is 2. The van der Waals surface area contributed by atoms with Gasteiger partial charge in [-0.25, -0.2) is 0 Å². The van der Waals surface area contributed by atoms with E-state index in [4.69, 9.17) is 18.5 Å². The lowest BCUT2D eigenvalue weighted by atomic mass is 10.1. The van der Waals surface area contributed by atoms with Gasteiger partial charge in [-0.05, 0) is 141 Å². The molecule has 0 fully saturated rings. The Labute approximate surface area is 501 Å². The first-order chi connectivity index (χ1) is 40.0. The summed E-state index contributed by atoms with van der Waals surface area (Å²) in [6.45, 7) is 3.91. The molecule has 0 aromatic carbocycles. The second-order valence-electron chi connectivity index (χ2n) is 20.9. The van der Waals surface area contributed by atoms with Gasteiger partial charge in [0.1, 0.15) is 19.8 Å². The molecule has 0 saturated carbocycles. The third kappa shape index (κ3) is 64.0. The molecule has 0 N–H and O–H groups in total. The van der Waals surface area contributed by atoms with Crippen molar-refractivity contribution in [3.05, 3.63) is 194 Å². The van der Waals surface area contributed by atoms with Crippen LogP contribution >= 0.6 is 7.82 Å². The van der Waals surface area contributed by atoms with Gasteiger partial charge in [0.05, 0.1) is 27.7 Å². The summed E-state index contributed by atoms with van der Waals surface area (Å²) in [5, 5.41) is 0. The highest BCUT2D eigenvalue weighted by Crippen LogP contribution is 2.38. The van der Waals surface area contributed by atoms with Crippen LogP contribution in [0.1, 0.15) is 194 Å². The Bertz CT molecular complexity index is 2080. The molecule has 0 heterocycles. The summed E-state index contributed by atoms with van der Waals surface area (Å²) in [6, 6.07) is 0. The number of esters is 2. The predicted octanol–water partition coefficient (Wildman–Crippen LogP) is 19.5. The highest BCUT2D eigenvalue weighted by Gasteiger charge is 2.21. The largest absolute Gasteiger partial charge is 0.756 e. The van der Waals surface area contributed by atoms with E-state index in [9.17, 15) is 19.0 Å². The maximum atomic E-state index is 12.8. The average molecular weight is 1150 g/mol. The van der Waals surface area contributed by atoms with Crippen LogP contribution in [-0.4, -0.2) is 70.0 Å². The van der Waals surface area contributed by atoms with Crippen molar-refractivity contribution in [3.63, 3.8) is 0 Å². The number of carbonyl (C=O) groups is 2. The zero-order valence-corrected chi connectivity index (χ0v) is 52.7. The van der Waals surface area contributed by atoms with Crippen LogP contribution in [0.25, 0.3) is 0 Å². The summed E-state index contributed by atoms with van der Waals surface area (Å²) >= 11 is 0. The fourth-order valence-corrected chi connectivity index (χ4v) is 8.12. The number of unbranched alkanes of at least 4 members (excludes halogenated alkanes) is 8. The molecule has 458 valence electrons. The molecule has 2 unspecified atom stereocenters. The van der Waals surface area contributed by atoms with Gasteiger partial charge in [0.2, 0.25) is 0 Å². The van der Waals surface area contributed by atoms with Crippen LogP contribution in [0.15, 0.2) is 194 Å². The predicted molar refractivity (Wildman–Crippen MR) is 350 cm³/mol. The molecule has 0 bridgehead atoms. The van der Waals surface area contributed by atoms with E-state index in [1.165, 1.54) is 0 Å². The van der Waals surface area contributed by atoms with Crippen molar-refractivity contribution >= 4 is 19.8 Å². The van der Waals surface area contributed by atoms with E-state index >= 15 is 0 Å². The van der Waals surface area contributed by atoms with Gasteiger partial charge in [-0.3, -0.25) is 14.2 Å². The van der Waals surface area contributed by atoms with Gasteiger partial charge in [0.25, 0.3) is 7.82 Å². The molecule has 0 rings (SSSR count). The van der Waals surface area contributed by atoms with Gasteiger partial charge >= 0.3 is 11.9 Å². The Morgan fingerprint density at radius 2 is 0.659 bits per heavy atom. The van der Waals surface area contributed by atoms with Gasteiger partial charge < -0.3 is 27.9 Å². The maximum Gasteiger partial charge on any atom is 0.306 e. The molecule has 0 aromatic rings. The minimum absolute atomic E-state index is 0.0532. The Balaban J connectivity index is 4.30. The molecule has 9 nitrogen and oxygen atoms in total. The van der Waals surface area contributed by atoms with Crippen LogP contribution in [0.4, 0.5) is 0 Å². The van der Waals surface area contributed by atoms with Gasteiger partial charge in [0.15, 0.2) is 6.10 Å². The normalized spacial score (nSPS) is 14.6. The number of rotatable bonds is 54. The van der Waals surface area contributed by atoms with Gasteiger partial charge in [0, 0.05) is 12.8 Å². The molecular weight excluding hydrogens is 1040 g/mol. The molecule has 0 aliphatic rings. The molecule has 0 radical (unpaired) electrons. The van der Waals surface area contributed by atoms with E-state index in [0.29, 0.717) is 23.9 Å². The van der Waals surface area contributed by atoms with E-state index in [-0.39, 0.29) is 26.1 Å². The van der Waals surface area contributed by atoms with Crippen LogP contribution in [-0.2, 0) is 32.7 Å². The van der Waals surface area contributed by atoms with Crippen molar-refractivity contribution in [2.45, 2.75) is 200 Å². The highest BCUT2D eigenvalue weighted by atomic mass is 31.2. The highest BCUT2D eigenvalue weighted by molar-refractivity contribution is 7.45. The quantitative estimate of drug-likeness (QED) is 0.0195. The Kier molecular flexibility index (Phi) is 56.6. The van der Waals surface area contributed by atoms with E-state index in [0.717, 1.165) is 154 Å². The van der Waals surface area contributed by atoms with Gasteiger partial charge in [-0.1, -0.05) is 234 Å². The second kappa shape index (κ2) is 60.4. The molecule has 0 saturated heterocycles. The molecule has 2 atom stereocenters. The fraction of sp³-hybridized carbons (Fsp3) is 0.528. The molecule has 0 aliphatic heterocycles. The molecule has 10 heteroatoms. The topological polar surface area (TPSA) is 111 Å². The van der Waals surface area contributed by atoms with Crippen molar-refractivity contribution in [1.29, 1.82) is 0 Å². The van der Waals surface area contributed by atoms with Gasteiger partial charge in [-0.15, -0.1) is 0 Å². The number of allylic oxidation sites excluding steroid dienone is 32. The first-order valence-electron chi connectivity index (χ1n) is 31.1. The summed E-state index contributed by atoms with van der Waals surface area (Å²) < 4.78 is 34.1. The minimum Gasteiger partial charge on any atom is -0.756 e.